The van der Waals surface area contributed by atoms with Crippen molar-refractivity contribution < 1.29 is 0 Å². The van der Waals surface area contributed by atoms with Crippen LogP contribution in [0.1, 0.15) is 48.1 Å². The number of pyridine rings is 1. The lowest BCUT2D eigenvalue weighted by Gasteiger charge is -2.32. The van der Waals surface area contributed by atoms with Gasteiger partial charge in [0.2, 0.25) is 0 Å². The molecule has 1 aromatic carbocycles. The Balaban J connectivity index is 1.66. The van der Waals surface area contributed by atoms with E-state index in [-0.39, 0.29) is 12.1 Å². The molecule has 0 N–H and O–H groups in total. The lowest BCUT2D eigenvalue weighted by molar-refractivity contribution is 0.254. The summed E-state index contributed by atoms with van der Waals surface area (Å²) in [5.74, 6) is 1.10. The summed E-state index contributed by atoms with van der Waals surface area (Å²) in [4.78, 5) is 12.4. The van der Waals surface area contributed by atoms with Crippen LogP contribution in [0.2, 0.25) is 5.02 Å². The standard InChI is InChI=1S/C24H25ClN4S/c1-4-17-14-30-24-27-22(20-10-7-8-12-26-20)23(29(17)24)18-13-15(2)28(16(18)3)21-11-6-5-9-19(21)25/h5-13,17,22-23H,4,14H2,1-3H3/t17-,22-,23-/m1/s1. The van der Waals surface area contributed by atoms with Gasteiger partial charge in [0.25, 0.3) is 0 Å². The molecule has 0 bridgehead atoms. The van der Waals surface area contributed by atoms with Crippen molar-refractivity contribution >= 4 is 28.5 Å². The van der Waals surface area contributed by atoms with Gasteiger partial charge in [0.05, 0.1) is 22.4 Å². The van der Waals surface area contributed by atoms with Crippen LogP contribution >= 0.6 is 23.4 Å². The summed E-state index contributed by atoms with van der Waals surface area (Å²) in [6.45, 7) is 6.62. The molecule has 1 fully saturated rings. The maximum absolute atomic E-state index is 6.56. The second kappa shape index (κ2) is 7.78. The molecule has 2 aromatic heterocycles. The summed E-state index contributed by atoms with van der Waals surface area (Å²) in [7, 11) is 0. The van der Waals surface area contributed by atoms with E-state index in [2.05, 4.69) is 59.5 Å². The molecule has 2 aliphatic rings. The van der Waals surface area contributed by atoms with Crippen molar-refractivity contribution in [2.24, 2.45) is 4.99 Å². The van der Waals surface area contributed by atoms with Crippen molar-refractivity contribution in [2.75, 3.05) is 5.75 Å². The molecule has 6 heteroatoms. The van der Waals surface area contributed by atoms with Gasteiger partial charge in [-0.1, -0.05) is 48.5 Å². The van der Waals surface area contributed by atoms with Crippen LogP contribution < -0.4 is 0 Å². The lowest BCUT2D eigenvalue weighted by atomic mass is 9.95. The number of aromatic nitrogens is 2. The van der Waals surface area contributed by atoms with E-state index in [1.54, 1.807) is 0 Å². The summed E-state index contributed by atoms with van der Waals surface area (Å²) >= 11 is 8.44. The third kappa shape index (κ3) is 3.07. The first-order chi connectivity index (χ1) is 14.6. The number of para-hydroxylation sites is 1. The number of thioether (sulfide) groups is 1. The molecule has 1 saturated heterocycles. The van der Waals surface area contributed by atoms with E-state index in [1.807, 2.05) is 42.2 Å². The molecule has 0 amide bonds. The quantitative estimate of drug-likeness (QED) is 0.493. The number of aliphatic imine (C=N–C) groups is 1. The Morgan fingerprint density at radius 2 is 1.93 bits per heavy atom. The number of amidine groups is 1. The molecular formula is C24H25ClN4S. The van der Waals surface area contributed by atoms with Crippen molar-refractivity contribution in [1.29, 1.82) is 0 Å². The molecule has 3 atom stereocenters. The van der Waals surface area contributed by atoms with Crippen LogP contribution in [0.15, 0.2) is 59.7 Å². The number of halogens is 1. The maximum atomic E-state index is 6.56. The van der Waals surface area contributed by atoms with E-state index < -0.39 is 0 Å². The number of aryl methyl sites for hydroxylation is 1. The number of nitrogens with zero attached hydrogens (tertiary/aromatic N) is 4. The number of hydrogen-bond acceptors (Lipinski definition) is 4. The van der Waals surface area contributed by atoms with Crippen molar-refractivity contribution in [3.63, 3.8) is 0 Å². The third-order valence-electron chi connectivity index (χ3n) is 6.21. The summed E-state index contributed by atoms with van der Waals surface area (Å²) in [6, 6.07) is 17.1. The highest BCUT2D eigenvalue weighted by Crippen LogP contribution is 2.49. The van der Waals surface area contributed by atoms with Gasteiger partial charge < -0.3 is 9.47 Å². The van der Waals surface area contributed by atoms with E-state index in [9.17, 15) is 0 Å². The van der Waals surface area contributed by atoms with Crippen molar-refractivity contribution in [3.05, 3.63) is 82.4 Å². The average molecular weight is 437 g/mol. The van der Waals surface area contributed by atoms with Gasteiger partial charge in [0.15, 0.2) is 5.17 Å². The van der Waals surface area contributed by atoms with Gasteiger partial charge in [0.1, 0.15) is 6.04 Å². The van der Waals surface area contributed by atoms with Crippen LogP contribution in [0.3, 0.4) is 0 Å². The Morgan fingerprint density at radius 3 is 2.67 bits per heavy atom. The van der Waals surface area contributed by atoms with E-state index in [0.29, 0.717) is 6.04 Å². The largest absolute Gasteiger partial charge is 0.338 e. The second-order valence-electron chi connectivity index (χ2n) is 7.95. The van der Waals surface area contributed by atoms with Crippen molar-refractivity contribution in [1.82, 2.24) is 14.5 Å². The number of hydrogen-bond donors (Lipinski definition) is 0. The van der Waals surface area contributed by atoms with Gasteiger partial charge in [-0.25, -0.2) is 0 Å². The Bertz CT molecular complexity index is 1110. The highest BCUT2D eigenvalue weighted by Gasteiger charge is 2.46. The minimum atomic E-state index is 0.00300. The smallest absolute Gasteiger partial charge is 0.160 e. The molecule has 0 aliphatic carbocycles. The van der Waals surface area contributed by atoms with E-state index in [4.69, 9.17) is 16.6 Å². The second-order valence-corrected chi connectivity index (χ2v) is 9.34. The number of fused-ring (bicyclic) bond motifs is 1. The first kappa shape index (κ1) is 19.7. The van der Waals surface area contributed by atoms with Crippen molar-refractivity contribution in [3.8, 4) is 5.69 Å². The lowest BCUT2D eigenvalue weighted by Crippen LogP contribution is -2.35. The summed E-state index contributed by atoms with van der Waals surface area (Å²) in [6.07, 6.45) is 2.98. The molecule has 0 unspecified atom stereocenters. The molecule has 4 heterocycles. The van der Waals surface area contributed by atoms with Crippen LogP contribution in [0.5, 0.6) is 0 Å². The van der Waals surface area contributed by atoms with Crippen molar-refractivity contribution in [2.45, 2.75) is 45.3 Å². The van der Waals surface area contributed by atoms with Crippen LogP contribution in [0, 0.1) is 13.8 Å². The fourth-order valence-electron chi connectivity index (χ4n) is 4.78. The zero-order valence-corrected chi connectivity index (χ0v) is 19.0. The average Bonchev–Trinajstić information content (AvgIpc) is 3.41. The predicted molar refractivity (Wildman–Crippen MR) is 126 cm³/mol. The number of rotatable bonds is 4. The SMILES string of the molecule is CC[C@@H]1CSC2=N[C@H](c3ccccn3)[C@@H](c3cc(C)n(-c4ccccc4Cl)c3C)N21. The Labute approximate surface area is 187 Å². The van der Waals surface area contributed by atoms with Crippen LogP contribution in [0.25, 0.3) is 5.69 Å². The summed E-state index contributed by atoms with van der Waals surface area (Å²) in [5, 5.41) is 1.92. The highest BCUT2D eigenvalue weighted by atomic mass is 35.5. The zero-order chi connectivity index (χ0) is 20.8. The van der Waals surface area contributed by atoms with Crippen LogP contribution in [-0.4, -0.2) is 31.4 Å². The molecule has 2 aliphatic heterocycles. The van der Waals surface area contributed by atoms with Gasteiger partial charge >= 0.3 is 0 Å². The monoisotopic (exact) mass is 436 g/mol. The third-order valence-corrected chi connectivity index (χ3v) is 7.66. The van der Waals surface area contributed by atoms with Gasteiger partial charge in [-0.2, -0.15) is 0 Å². The summed E-state index contributed by atoms with van der Waals surface area (Å²) < 4.78 is 2.27. The van der Waals surface area contributed by atoms with Gasteiger partial charge in [-0.3, -0.25) is 9.98 Å². The summed E-state index contributed by atoms with van der Waals surface area (Å²) in [5.41, 5.74) is 5.76. The fourth-order valence-corrected chi connectivity index (χ4v) is 6.34. The first-order valence-corrected chi connectivity index (χ1v) is 11.8. The van der Waals surface area contributed by atoms with E-state index in [0.717, 1.165) is 33.7 Å². The molecule has 3 aromatic rings. The van der Waals surface area contributed by atoms with Gasteiger partial charge in [-0.15, -0.1) is 0 Å². The highest BCUT2D eigenvalue weighted by molar-refractivity contribution is 8.14. The molecular weight excluding hydrogens is 412 g/mol. The Hall–Kier alpha value is -2.24. The maximum Gasteiger partial charge on any atom is 0.160 e. The normalized spacial score (nSPS) is 23.0. The predicted octanol–water partition coefficient (Wildman–Crippen LogP) is 6.12. The van der Waals surface area contributed by atoms with Crippen LogP contribution in [0.4, 0.5) is 0 Å². The molecule has 0 saturated carbocycles. The minimum Gasteiger partial charge on any atom is -0.338 e. The first-order valence-electron chi connectivity index (χ1n) is 10.4. The molecule has 4 nitrogen and oxygen atoms in total. The Kier molecular flexibility index (Phi) is 5.11. The molecule has 30 heavy (non-hydrogen) atoms. The molecule has 154 valence electrons. The topological polar surface area (TPSA) is 33.4 Å². The van der Waals surface area contributed by atoms with Gasteiger partial charge in [0, 0.05) is 29.4 Å². The van der Waals surface area contributed by atoms with E-state index >= 15 is 0 Å². The molecule has 0 spiro atoms. The minimum absolute atomic E-state index is 0.00300. The van der Waals surface area contributed by atoms with E-state index in [1.165, 1.54) is 17.0 Å². The zero-order valence-electron chi connectivity index (χ0n) is 17.4. The molecule has 0 radical (unpaired) electrons. The van der Waals surface area contributed by atoms with Gasteiger partial charge in [-0.05, 0) is 56.2 Å². The van der Waals surface area contributed by atoms with Crippen LogP contribution in [-0.2, 0) is 0 Å². The molecule has 5 rings (SSSR count). The Morgan fingerprint density at radius 1 is 1.13 bits per heavy atom. The fraction of sp³-hybridized carbons (Fsp3) is 0.333. The number of benzene rings is 1.